The second-order valence-electron chi connectivity index (χ2n) is 4.95. The van der Waals surface area contributed by atoms with E-state index in [-0.39, 0.29) is 17.2 Å². The molecule has 2 fully saturated rings. The van der Waals surface area contributed by atoms with E-state index in [9.17, 15) is 4.79 Å². The molecule has 1 N–H and O–H groups in total. The van der Waals surface area contributed by atoms with Gasteiger partial charge in [-0.1, -0.05) is 0 Å². The van der Waals surface area contributed by atoms with Crippen LogP contribution < -0.4 is 10.2 Å². The van der Waals surface area contributed by atoms with Crippen molar-refractivity contribution < 1.29 is 9.53 Å². The summed E-state index contributed by atoms with van der Waals surface area (Å²) in [5.41, 5.74) is 0.246. The Morgan fingerprint density at radius 2 is 2.28 bits per heavy atom. The van der Waals surface area contributed by atoms with Crippen LogP contribution in [0, 0.1) is 0 Å². The van der Waals surface area contributed by atoms with Crippen molar-refractivity contribution in [2.75, 3.05) is 23.4 Å². The molecule has 0 atom stereocenters. The molecule has 3 heterocycles. The minimum absolute atomic E-state index is 0.0978. The number of aromatic nitrogens is 2. The second kappa shape index (κ2) is 3.33. The van der Waals surface area contributed by atoms with Gasteiger partial charge in [-0.25, -0.2) is 4.98 Å². The second-order valence-corrected chi connectivity index (χ2v) is 5.28. The number of amides is 1. The molecule has 2 aliphatic heterocycles. The molecule has 4 rings (SSSR count). The number of fused-ring (bicyclic) bond motifs is 1. The number of carbonyl (C=O) groups is 1. The summed E-state index contributed by atoms with van der Waals surface area (Å²) < 4.78 is 5.18. The summed E-state index contributed by atoms with van der Waals surface area (Å²) in [6.07, 6.45) is 3.29. The zero-order valence-corrected chi connectivity index (χ0v) is 10.3. The summed E-state index contributed by atoms with van der Waals surface area (Å²) in [6, 6.07) is 0.0978. The Hall–Kier alpha value is -1.40. The van der Waals surface area contributed by atoms with Crippen molar-refractivity contribution in [3.05, 3.63) is 11.5 Å². The van der Waals surface area contributed by atoms with E-state index >= 15 is 0 Å². The van der Waals surface area contributed by atoms with Crippen LogP contribution in [0.2, 0.25) is 5.28 Å². The highest BCUT2D eigenvalue weighted by Gasteiger charge is 2.57. The molecule has 18 heavy (non-hydrogen) atoms. The minimum Gasteiger partial charge on any atom is -0.377 e. The van der Waals surface area contributed by atoms with Crippen LogP contribution in [0.4, 0.5) is 11.5 Å². The first-order valence-electron chi connectivity index (χ1n) is 5.92. The van der Waals surface area contributed by atoms with Crippen LogP contribution in [0.25, 0.3) is 0 Å². The topological polar surface area (TPSA) is 67.4 Å². The fourth-order valence-corrected chi connectivity index (χ4v) is 2.57. The summed E-state index contributed by atoms with van der Waals surface area (Å²) >= 11 is 5.81. The van der Waals surface area contributed by atoms with E-state index < -0.39 is 5.54 Å². The van der Waals surface area contributed by atoms with Crippen LogP contribution in [-0.4, -0.2) is 40.7 Å². The first-order chi connectivity index (χ1) is 8.70. The normalized spacial score (nSPS) is 24.5. The molecule has 0 bridgehead atoms. The summed E-state index contributed by atoms with van der Waals surface area (Å²) in [7, 11) is 0. The van der Waals surface area contributed by atoms with E-state index in [0.29, 0.717) is 24.7 Å². The fourth-order valence-electron chi connectivity index (χ4n) is 2.44. The third-order valence-electron chi connectivity index (χ3n) is 3.72. The molecule has 1 aromatic heterocycles. The average molecular weight is 267 g/mol. The van der Waals surface area contributed by atoms with Gasteiger partial charge < -0.3 is 10.1 Å². The van der Waals surface area contributed by atoms with E-state index in [1.807, 2.05) is 0 Å². The van der Waals surface area contributed by atoms with E-state index in [4.69, 9.17) is 16.3 Å². The average Bonchev–Trinajstić information content (AvgIpc) is 3.03. The van der Waals surface area contributed by atoms with Gasteiger partial charge in [-0.05, 0) is 24.4 Å². The summed E-state index contributed by atoms with van der Waals surface area (Å²) in [5, 5.41) is 3.39. The van der Waals surface area contributed by atoms with Gasteiger partial charge in [0.15, 0.2) is 5.82 Å². The summed E-state index contributed by atoms with van der Waals surface area (Å²) in [6.45, 7) is 1.15. The van der Waals surface area contributed by atoms with Crippen LogP contribution in [0.5, 0.6) is 0 Å². The van der Waals surface area contributed by atoms with Gasteiger partial charge in [0, 0.05) is 0 Å². The van der Waals surface area contributed by atoms with E-state index in [2.05, 4.69) is 15.3 Å². The van der Waals surface area contributed by atoms with Crippen LogP contribution in [0.1, 0.15) is 12.8 Å². The molecule has 7 heteroatoms. The smallest absolute Gasteiger partial charge is 0.253 e. The Balaban J connectivity index is 1.83. The maximum atomic E-state index is 12.5. The highest BCUT2D eigenvalue weighted by molar-refractivity contribution is 6.28. The third-order valence-corrected chi connectivity index (χ3v) is 3.90. The van der Waals surface area contributed by atoms with Crippen molar-refractivity contribution in [1.29, 1.82) is 0 Å². The van der Waals surface area contributed by atoms with Crippen LogP contribution in [-0.2, 0) is 9.53 Å². The van der Waals surface area contributed by atoms with E-state index in [1.165, 1.54) is 0 Å². The van der Waals surface area contributed by atoms with Gasteiger partial charge in [-0.15, -0.1) is 0 Å². The lowest BCUT2D eigenvalue weighted by Gasteiger charge is -2.42. The largest absolute Gasteiger partial charge is 0.377 e. The fraction of sp³-hybridized carbons (Fsp3) is 0.545. The van der Waals surface area contributed by atoms with Gasteiger partial charge in [0.05, 0.1) is 25.5 Å². The number of ether oxygens (including phenoxy) is 1. The molecular formula is C11H11ClN4O2. The third kappa shape index (κ3) is 1.30. The van der Waals surface area contributed by atoms with Gasteiger partial charge in [-0.2, -0.15) is 4.98 Å². The van der Waals surface area contributed by atoms with E-state index in [0.717, 1.165) is 12.8 Å². The molecule has 0 aromatic carbocycles. The predicted molar refractivity (Wildman–Crippen MR) is 64.7 cm³/mol. The Labute approximate surface area is 108 Å². The Morgan fingerprint density at radius 1 is 1.50 bits per heavy atom. The van der Waals surface area contributed by atoms with Crippen LogP contribution >= 0.6 is 11.6 Å². The highest BCUT2D eigenvalue weighted by atomic mass is 35.5. The highest BCUT2D eigenvalue weighted by Crippen LogP contribution is 2.47. The first-order valence-corrected chi connectivity index (χ1v) is 6.30. The summed E-state index contributed by atoms with van der Waals surface area (Å²) in [4.78, 5) is 22.4. The molecule has 6 nitrogen and oxygen atoms in total. The van der Waals surface area contributed by atoms with Crippen molar-refractivity contribution in [3.8, 4) is 0 Å². The lowest BCUT2D eigenvalue weighted by Crippen LogP contribution is -2.59. The molecule has 1 aromatic rings. The van der Waals surface area contributed by atoms with Crippen LogP contribution in [0.15, 0.2) is 6.20 Å². The SMILES string of the molecule is O=C1N(C2COC2)c2cnc(Cl)nc2NC12CC2. The standard InChI is InChI=1S/C11H11ClN4O2/c12-10-13-3-7-8(14-10)15-11(1-2-11)9(17)16(7)6-4-18-5-6/h3,6H,1-2,4-5H2,(H,13,14,15). The van der Waals surface area contributed by atoms with Gasteiger partial charge in [0.2, 0.25) is 5.28 Å². The number of halogens is 1. The molecular weight excluding hydrogens is 256 g/mol. The molecule has 1 saturated heterocycles. The Kier molecular flexibility index (Phi) is 1.95. The molecule has 3 aliphatic rings. The van der Waals surface area contributed by atoms with E-state index in [1.54, 1.807) is 11.1 Å². The van der Waals surface area contributed by atoms with Crippen molar-refractivity contribution in [2.24, 2.45) is 0 Å². The zero-order valence-electron chi connectivity index (χ0n) is 9.52. The number of hydrogen-bond acceptors (Lipinski definition) is 5. The Morgan fingerprint density at radius 3 is 2.89 bits per heavy atom. The molecule has 1 spiro atoms. The molecule has 1 saturated carbocycles. The predicted octanol–water partition coefficient (Wildman–Crippen LogP) is 0.820. The number of hydrogen-bond donors (Lipinski definition) is 1. The lowest BCUT2D eigenvalue weighted by atomic mass is 10.1. The summed E-state index contributed by atoms with van der Waals surface area (Å²) in [5.74, 6) is 0.758. The quantitative estimate of drug-likeness (QED) is 0.763. The van der Waals surface area contributed by atoms with Gasteiger partial charge in [-0.3, -0.25) is 9.69 Å². The minimum atomic E-state index is -0.458. The number of nitrogens with one attached hydrogen (secondary N) is 1. The van der Waals surface area contributed by atoms with Crippen molar-refractivity contribution >= 4 is 29.0 Å². The zero-order chi connectivity index (χ0) is 12.3. The number of anilines is 2. The van der Waals surface area contributed by atoms with Gasteiger partial charge in [0.1, 0.15) is 11.2 Å². The lowest BCUT2D eigenvalue weighted by molar-refractivity contribution is -0.123. The molecule has 94 valence electrons. The van der Waals surface area contributed by atoms with Crippen molar-refractivity contribution in [3.63, 3.8) is 0 Å². The van der Waals surface area contributed by atoms with Crippen molar-refractivity contribution in [1.82, 2.24) is 9.97 Å². The molecule has 1 amide bonds. The van der Waals surface area contributed by atoms with Crippen LogP contribution in [0.3, 0.4) is 0 Å². The number of rotatable bonds is 1. The number of nitrogens with zero attached hydrogens (tertiary/aromatic N) is 3. The van der Waals surface area contributed by atoms with Crippen molar-refractivity contribution in [2.45, 2.75) is 24.4 Å². The Bertz CT molecular complexity index is 542. The number of carbonyl (C=O) groups excluding carboxylic acids is 1. The first kappa shape index (κ1) is 10.5. The van der Waals surface area contributed by atoms with Gasteiger partial charge >= 0.3 is 0 Å². The maximum absolute atomic E-state index is 12.5. The van der Waals surface area contributed by atoms with Gasteiger partial charge in [0.25, 0.3) is 5.91 Å². The monoisotopic (exact) mass is 266 g/mol. The molecule has 1 aliphatic carbocycles. The maximum Gasteiger partial charge on any atom is 0.253 e. The molecule has 0 radical (unpaired) electrons. The molecule has 0 unspecified atom stereocenters.